The molecule has 1 heterocycles. The molecule has 1 aromatic heterocycles. The number of hydrogen-bond donors (Lipinski definition) is 2. The van der Waals surface area contributed by atoms with E-state index < -0.39 is 0 Å². The zero-order valence-corrected chi connectivity index (χ0v) is 15.4. The second-order valence-corrected chi connectivity index (χ2v) is 8.19. The van der Waals surface area contributed by atoms with Gasteiger partial charge in [0.15, 0.2) is 0 Å². The van der Waals surface area contributed by atoms with Gasteiger partial charge < -0.3 is 10.3 Å². The molecule has 1 aromatic carbocycles. The Kier molecular flexibility index (Phi) is 4.43. The van der Waals surface area contributed by atoms with Crippen molar-refractivity contribution in [2.45, 2.75) is 58.0 Å². The molecule has 2 N–H and O–H groups in total. The number of rotatable bonds is 5. The molecule has 1 saturated carbocycles. The summed E-state index contributed by atoms with van der Waals surface area (Å²) < 4.78 is 0. The summed E-state index contributed by atoms with van der Waals surface area (Å²) >= 11 is 0. The highest BCUT2D eigenvalue weighted by atomic mass is 16.1. The third-order valence-corrected chi connectivity index (χ3v) is 5.11. The number of hydrogen-bond acceptors (Lipinski definition) is 2. The largest absolute Gasteiger partial charge is 0.351 e. The molecule has 0 saturated heterocycles. The molecule has 2 aromatic rings. The molecular weight excluding hydrogens is 298 g/mol. The van der Waals surface area contributed by atoms with Gasteiger partial charge in [-0.25, -0.2) is 0 Å². The summed E-state index contributed by atoms with van der Waals surface area (Å²) in [6, 6.07) is 9.39. The smallest absolute Gasteiger partial charge is 0.267 e. The highest BCUT2D eigenvalue weighted by molar-refractivity contribution is 5.98. The van der Waals surface area contributed by atoms with E-state index in [4.69, 9.17) is 0 Å². The number of fused-ring (bicyclic) bond motifs is 1. The number of nitrogens with zero attached hydrogens (tertiary/aromatic N) is 1. The highest BCUT2D eigenvalue weighted by Gasteiger charge is 2.29. The molecule has 0 aliphatic heterocycles. The van der Waals surface area contributed by atoms with Gasteiger partial charge in [0.1, 0.15) is 5.69 Å². The first-order chi connectivity index (χ1) is 11.3. The summed E-state index contributed by atoms with van der Waals surface area (Å²) in [6.07, 6.45) is 2.57. The fourth-order valence-electron chi connectivity index (χ4n) is 3.04. The maximum absolute atomic E-state index is 12.4. The van der Waals surface area contributed by atoms with Crippen LogP contribution in [0, 0.1) is 0 Å². The maximum atomic E-state index is 12.4. The number of carbonyl (C=O) groups excluding carboxylic acids is 1. The lowest BCUT2D eigenvalue weighted by Crippen LogP contribution is -2.41. The first-order valence-electron chi connectivity index (χ1n) is 8.89. The molecule has 1 fully saturated rings. The van der Waals surface area contributed by atoms with Crippen LogP contribution in [-0.4, -0.2) is 41.5 Å². The molecule has 0 radical (unpaired) electrons. The summed E-state index contributed by atoms with van der Waals surface area (Å²) in [4.78, 5) is 18.1. The van der Waals surface area contributed by atoms with Crippen molar-refractivity contribution < 1.29 is 4.79 Å². The van der Waals surface area contributed by atoms with Gasteiger partial charge >= 0.3 is 0 Å². The van der Waals surface area contributed by atoms with Gasteiger partial charge in [-0.2, -0.15) is 0 Å². The molecule has 1 amide bonds. The van der Waals surface area contributed by atoms with Crippen molar-refractivity contribution in [2.24, 2.45) is 0 Å². The Labute approximate surface area is 144 Å². The molecule has 1 aliphatic rings. The predicted octanol–water partition coefficient (Wildman–Crippen LogP) is 3.68. The molecule has 3 rings (SSSR count). The van der Waals surface area contributed by atoms with Gasteiger partial charge in [-0.1, -0.05) is 32.9 Å². The average molecular weight is 327 g/mol. The number of aromatic amines is 1. The van der Waals surface area contributed by atoms with Gasteiger partial charge in [-0.15, -0.1) is 0 Å². The van der Waals surface area contributed by atoms with E-state index in [1.54, 1.807) is 0 Å². The Morgan fingerprint density at radius 3 is 2.67 bits per heavy atom. The lowest BCUT2D eigenvalue weighted by atomic mass is 9.87. The van der Waals surface area contributed by atoms with Crippen LogP contribution in [-0.2, 0) is 5.41 Å². The molecule has 24 heavy (non-hydrogen) atoms. The topological polar surface area (TPSA) is 48.1 Å². The lowest BCUT2D eigenvalue weighted by molar-refractivity contribution is 0.0935. The quantitative estimate of drug-likeness (QED) is 0.880. The van der Waals surface area contributed by atoms with Gasteiger partial charge in [-0.3, -0.25) is 9.69 Å². The average Bonchev–Trinajstić information content (AvgIpc) is 3.28. The van der Waals surface area contributed by atoms with Crippen molar-refractivity contribution in [3.63, 3.8) is 0 Å². The minimum Gasteiger partial charge on any atom is -0.351 e. The Balaban J connectivity index is 1.68. The number of H-pyrrole nitrogens is 1. The van der Waals surface area contributed by atoms with E-state index in [-0.39, 0.29) is 11.3 Å². The first kappa shape index (κ1) is 17.0. The van der Waals surface area contributed by atoms with Crippen LogP contribution in [0.1, 0.15) is 56.6 Å². The zero-order valence-electron chi connectivity index (χ0n) is 15.4. The van der Waals surface area contributed by atoms with Crippen molar-refractivity contribution in [3.05, 3.63) is 35.5 Å². The Morgan fingerprint density at radius 2 is 2.04 bits per heavy atom. The number of likely N-dealkylation sites (N-methyl/N-ethyl adjacent to an activating group) is 1. The fraction of sp³-hybridized carbons (Fsp3) is 0.550. The SMILES string of the molecule is CC(CNC(=O)c1cc2ccc(C(C)(C)C)cc2[nH]1)N(C)C1CC1. The summed E-state index contributed by atoms with van der Waals surface area (Å²) in [6.45, 7) is 9.43. The van der Waals surface area contributed by atoms with Crippen molar-refractivity contribution in [2.75, 3.05) is 13.6 Å². The van der Waals surface area contributed by atoms with Gasteiger partial charge in [0.25, 0.3) is 5.91 Å². The second-order valence-electron chi connectivity index (χ2n) is 8.19. The molecule has 4 nitrogen and oxygen atoms in total. The van der Waals surface area contributed by atoms with Crippen molar-refractivity contribution in [3.8, 4) is 0 Å². The van der Waals surface area contributed by atoms with Crippen LogP contribution in [0.2, 0.25) is 0 Å². The van der Waals surface area contributed by atoms with E-state index in [0.29, 0.717) is 24.3 Å². The lowest BCUT2D eigenvalue weighted by Gasteiger charge is -2.24. The Bertz CT molecular complexity index is 737. The van der Waals surface area contributed by atoms with Crippen LogP contribution in [0.4, 0.5) is 0 Å². The van der Waals surface area contributed by atoms with E-state index in [2.05, 4.69) is 68.1 Å². The molecule has 1 aliphatic carbocycles. The van der Waals surface area contributed by atoms with Crippen molar-refractivity contribution in [1.29, 1.82) is 0 Å². The number of amides is 1. The van der Waals surface area contributed by atoms with Gasteiger partial charge in [0.05, 0.1) is 0 Å². The molecule has 130 valence electrons. The van der Waals surface area contributed by atoms with E-state index in [0.717, 1.165) is 10.9 Å². The molecule has 4 heteroatoms. The first-order valence-corrected chi connectivity index (χ1v) is 8.89. The summed E-state index contributed by atoms with van der Waals surface area (Å²) in [5, 5.41) is 4.14. The van der Waals surface area contributed by atoms with Crippen molar-refractivity contribution in [1.82, 2.24) is 15.2 Å². The third-order valence-electron chi connectivity index (χ3n) is 5.11. The number of carbonyl (C=O) groups is 1. The minimum atomic E-state index is -0.0282. The van der Waals surface area contributed by atoms with Gasteiger partial charge in [-0.05, 0) is 49.9 Å². The Hall–Kier alpha value is -1.81. The summed E-state index contributed by atoms with van der Waals surface area (Å²) in [5.41, 5.74) is 3.03. The Morgan fingerprint density at radius 1 is 1.33 bits per heavy atom. The summed E-state index contributed by atoms with van der Waals surface area (Å²) in [5.74, 6) is -0.0282. The molecule has 0 spiro atoms. The summed E-state index contributed by atoms with van der Waals surface area (Å²) in [7, 11) is 2.14. The monoisotopic (exact) mass is 327 g/mol. The molecule has 0 bridgehead atoms. The number of nitrogens with one attached hydrogen (secondary N) is 2. The van der Waals surface area contributed by atoms with Crippen molar-refractivity contribution >= 4 is 16.8 Å². The standard InChI is InChI=1S/C20H29N3O/c1-13(23(5)16-8-9-16)12-21-19(24)18-10-14-6-7-15(20(2,3)4)11-17(14)22-18/h6-7,10-11,13,16,22H,8-9,12H2,1-5H3,(H,21,24). The zero-order chi connectivity index (χ0) is 17.5. The highest BCUT2D eigenvalue weighted by Crippen LogP contribution is 2.27. The minimum absolute atomic E-state index is 0.0282. The molecule has 1 atom stereocenters. The third kappa shape index (κ3) is 3.64. The molecular formula is C20H29N3O. The van der Waals surface area contributed by atoms with E-state index >= 15 is 0 Å². The van der Waals surface area contributed by atoms with E-state index in [1.165, 1.54) is 18.4 Å². The van der Waals surface area contributed by atoms with Crippen LogP contribution in [0.15, 0.2) is 24.3 Å². The van der Waals surface area contributed by atoms with Gasteiger partial charge in [0, 0.05) is 29.5 Å². The normalized spacial score (nSPS) is 16.6. The maximum Gasteiger partial charge on any atom is 0.267 e. The molecule has 1 unspecified atom stereocenters. The van der Waals surface area contributed by atoms with Crippen LogP contribution in [0.3, 0.4) is 0 Å². The second kappa shape index (κ2) is 6.25. The predicted molar refractivity (Wildman–Crippen MR) is 99.6 cm³/mol. The van der Waals surface area contributed by atoms with E-state index in [9.17, 15) is 4.79 Å². The number of benzene rings is 1. The fourth-order valence-corrected chi connectivity index (χ4v) is 3.04. The van der Waals surface area contributed by atoms with Crippen LogP contribution < -0.4 is 5.32 Å². The van der Waals surface area contributed by atoms with Crippen LogP contribution >= 0.6 is 0 Å². The van der Waals surface area contributed by atoms with E-state index in [1.807, 2.05) is 6.07 Å². The van der Waals surface area contributed by atoms with Gasteiger partial charge in [0.2, 0.25) is 0 Å². The van der Waals surface area contributed by atoms with Crippen LogP contribution in [0.5, 0.6) is 0 Å². The number of aromatic nitrogens is 1. The van der Waals surface area contributed by atoms with Crippen LogP contribution in [0.25, 0.3) is 10.9 Å².